The minimum Gasteiger partial charge on any atom is -0.489 e. The molecule has 0 atom stereocenters. The standard InChI is InChI=1S/C23H15ClF2O3/c24-17-6-1-14(2-7-17)20-13-29-23(27)22(20)15-4-9-19(10-5-15)28-12-16-3-8-18(25)11-21(16)26/h1-11H,12-13H2. The third-order valence-corrected chi connectivity index (χ3v) is 4.85. The molecule has 1 aliphatic heterocycles. The van der Waals surface area contributed by atoms with E-state index in [1.54, 1.807) is 36.4 Å². The quantitative estimate of drug-likeness (QED) is 0.507. The summed E-state index contributed by atoms with van der Waals surface area (Å²) in [6.45, 7) is 0.157. The molecule has 0 N–H and O–H groups in total. The first kappa shape index (κ1) is 19.2. The van der Waals surface area contributed by atoms with Crippen LogP contribution in [-0.4, -0.2) is 12.6 Å². The van der Waals surface area contributed by atoms with Gasteiger partial charge in [-0.25, -0.2) is 13.6 Å². The topological polar surface area (TPSA) is 35.5 Å². The summed E-state index contributed by atoms with van der Waals surface area (Å²) < 4.78 is 37.5. The summed E-state index contributed by atoms with van der Waals surface area (Å²) >= 11 is 5.94. The summed E-state index contributed by atoms with van der Waals surface area (Å²) in [6, 6.07) is 17.4. The van der Waals surface area contributed by atoms with Gasteiger partial charge in [-0.2, -0.15) is 0 Å². The molecule has 0 fully saturated rings. The van der Waals surface area contributed by atoms with Crippen molar-refractivity contribution in [1.82, 2.24) is 0 Å². The maximum absolute atomic E-state index is 13.7. The van der Waals surface area contributed by atoms with E-state index in [0.29, 0.717) is 21.9 Å². The van der Waals surface area contributed by atoms with Gasteiger partial charge in [0, 0.05) is 22.2 Å². The second-order valence-electron chi connectivity index (χ2n) is 6.49. The Morgan fingerprint density at radius 2 is 1.62 bits per heavy atom. The molecule has 146 valence electrons. The van der Waals surface area contributed by atoms with Crippen LogP contribution in [0.3, 0.4) is 0 Å². The number of carbonyl (C=O) groups is 1. The molecule has 1 heterocycles. The number of rotatable bonds is 5. The van der Waals surface area contributed by atoms with Crippen LogP contribution < -0.4 is 4.74 Å². The normalized spacial score (nSPS) is 13.6. The number of ether oxygens (including phenoxy) is 2. The van der Waals surface area contributed by atoms with E-state index in [1.165, 1.54) is 12.1 Å². The summed E-state index contributed by atoms with van der Waals surface area (Å²) in [5.74, 6) is -1.19. The fraction of sp³-hybridized carbons (Fsp3) is 0.0870. The third-order valence-electron chi connectivity index (χ3n) is 4.60. The third kappa shape index (κ3) is 4.15. The van der Waals surface area contributed by atoms with Gasteiger partial charge in [0.05, 0.1) is 5.57 Å². The molecule has 4 rings (SSSR count). The molecule has 3 aromatic rings. The van der Waals surface area contributed by atoms with Crippen LogP contribution in [-0.2, 0) is 16.1 Å². The van der Waals surface area contributed by atoms with Crippen LogP contribution in [0.25, 0.3) is 11.1 Å². The van der Waals surface area contributed by atoms with E-state index in [0.717, 1.165) is 17.2 Å². The Balaban J connectivity index is 1.55. The van der Waals surface area contributed by atoms with Gasteiger partial charge >= 0.3 is 5.97 Å². The van der Waals surface area contributed by atoms with E-state index in [4.69, 9.17) is 21.1 Å². The summed E-state index contributed by atoms with van der Waals surface area (Å²) in [7, 11) is 0. The molecule has 6 heteroatoms. The SMILES string of the molecule is O=C1OCC(c2ccc(Cl)cc2)=C1c1ccc(OCc2ccc(F)cc2F)cc1. The van der Waals surface area contributed by atoms with Gasteiger partial charge < -0.3 is 9.47 Å². The van der Waals surface area contributed by atoms with Crippen molar-refractivity contribution in [3.8, 4) is 5.75 Å². The van der Waals surface area contributed by atoms with Gasteiger partial charge in [0.25, 0.3) is 0 Å². The van der Waals surface area contributed by atoms with Crippen molar-refractivity contribution >= 4 is 28.7 Å². The molecule has 0 bridgehead atoms. The highest BCUT2D eigenvalue weighted by atomic mass is 35.5. The average molecular weight is 413 g/mol. The molecule has 0 aliphatic carbocycles. The average Bonchev–Trinajstić information content (AvgIpc) is 3.10. The molecule has 0 aromatic heterocycles. The summed E-state index contributed by atoms with van der Waals surface area (Å²) in [6.07, 6.45) is 0. The van der Waals surface area contributed by atoms with Crippen LogP contribution in [0.5, 0.6) is 5.75 Å². The molecule has 0 amide bonds. The highest BCUT2D eigenvalue weighted by molar-refractivity contribution is 6.31. The molecule has 1 aliphatic rings. The molecule has 0 saturated heterocycles. The van der Waals surface area contributed by atoms with Crippen LogP contribution >= 0.6 is 11.6 Å². The zero-order valence-corrected chi connectivity index (χ0v) is 15.9. The number of carbonyl (C=O) groups excluding carboxylic acids is 1. The minimum absolute atomic E-state index is 0.0355. The Hall–Kier alpha value is -3.18. The molecule has 0 radical (unpaired) electrons. The number of esters is 1. The van der Waals surface area contributed by atoms with E-state index in [1.807, 2.05) is 12.1 Å². The smallest absolute Gasteiger partial charge is 0.339 e. The van der Waals surface area contributed by atoms with Gasteiger partial charge in [-0.15, -0.1) is 0 Å². The number of halogens is 3. The Labute approximate surface area is 171 Å². The summed E-state index contributed by atoms with van der Waals surface area (Å²) in [5.41, 5.74) is 3.08. The van der Waals surface area contributed by atoms with Crippen LogP contribution in [0.1, 0.15) is 16.7 Å². The van der Waals surface area contributed by atoms with Crippen molar-refractivity contribution in [3.63, 3.8) is 0 Å². The number of hydrogen-bond acceptors (Lipinski definition) is 3. The van der Waals surface area contributed by atoms with Gasteiger partial charge in [-0.1, -0.05) is 35.9 Å². The lowest BCUT2D eigenvalue weighted by molar-refractivity contribution is -0.133. The van der Waals surface area contributed by atoms with E-state index in [2.05, 4.69) is 0 Å². The highest BCUT2D eigenvalue weighted by Gasteiger charge is 2.27. The van der Waals surface area contributed by atoms with Crippen LogP contribution in [0.4, 0.5) is 8.78 Å². The van der Waals surface area contributed by atoms with Crippen molar-refractivity contribution in [2.45, 2.75) is 6.61 Å². The molecule has 0 saturated carbocycles. The minimum atomic E-state index is -0.659. The van der Waals surface area contributed by atoms with Crippen LogP contribution in [0.2, 0.25) is 5.02 Å². The van der Waals surface area contributed by atoms with Crippen molar-refractivity contribution < 1.29 is 23.0 Å². The van der Waals surface area contributed by atoms with E-state index >= 15 is 0 Å². The number of hydrogen-bond donors (Lipinski definition) is 0. The zero-order valence-electron chi connectivity index (χ0n) is 15.1. The largest absolute Gasteiger partial charge is 0.489 e. The Bertz CT molecular complexity index is 1090. The Morgan fingerprint density at radius 1 is 0.931 bits per heavy atom. The fourth-order valence-electron chi connectivity index (χ4n) is 3.09. The molecule has 0 unspecified atom stereocenters. The lowest BCUT2D eigenvalue weighted by Crippen LogP contribution is -2.00. The zero-order chi connectivity index (χ0) is 20.4. The number of cyclic esters (lactones) is 1. The van der Waals surface area contributed by atoms with Gasteiger partial charge in [0.15, 0.2) is 0 Å². The predicted molar refractivity (Wildman–Crippen MR) is 106 cm³/mol. The Morgan fingerprint density at radius 3 is 2.31 bits per heavy atom. The van der Waals surface area contributed by atoms with Crippen molar-refractivity contribution in [1.29, 1.82) is 0 Å². The monoisotopic (exact) mass is 412 g/mol. The Kier molecular flexibility index (Phi) is 5.32. The van der Waals surface area contributed by atoms with Crippen molar-refractivity contribution in [2.24, 2.45) is 0 Å². The first-order chi connectivity index (χ1) is 14.0. The van der Waals surface area contributed by atoms with Gasteiger partial charge in [0.1, 0.15) is 30.6 Å². The summed E-state index contributed by atoms with van der Waals surface area (Å²) in [5, 5.41) is 0.611. The van der Waals surface area contributed by atoms with Crippen molar-refractivity contribution in [3.05, 3.63) is 100 Å². The molecular weight excluding hydrogens is 398 g/mol. The molecule has 29 heavy (non-hydrogen) atoms. The molecule has 3 aromatic carbocycles. The van der Waals surface area contributed by atoms with Crippen LogP contribution in [0, 0.1) is 11.6 Å². The van der Waals surface area contributed by atoms with E-state index in [9.17, 15) is 13.6 Å². The first-order valence-corrected chi connectivity index (χ1v) is 9.22. The van der Waals surface area contributed by atoms with Gasteiger partial charge in [0.2, 0.25) is 0 Å². The number of benzene rings is 3. The maximum atomic E-state index is 13.7. The molecule has 0 spiro atoms. The van der Waals surface area contributed by atoms with Gasteiger partial charge in [-0.05, 0) is 47.5 Å². The van der Waals surface area contributed by atoms with Gasteiger partial charge in [-0.3, -0.25) is 0 Å². The van der Waals surface area contributed by atoms with E-state index in [-0.39, 0.29) is 18.8 Å². The first-order valence-electron chi connectivity index (χ1n) is 8.84. The predicted octanol–water partition coefficient (Wildman–Crippen LogP) is 5.66. The maximum Gasteiger partial charge on any atom is 0.339 e. The molecule has 3 nitrogen and oxygen atoms in total. The van der Waals surface area contributed by atoms with Crippen LogP contribution in [0.15, 0.2) is 66.7 Å². The van der Waals surface area contributed by atoms with E-state index < -0.39 is 17.6 Å². The lowest BCUT2D eigenvalue weighted by Gasteiger charge is -2.09. The second kappa shape index (κ2) is 8.05. The molecular formula is C23H15ClF2O3. The summed E-state index contributed by atoms with van der Waals surface area (Å²) in [4.78, 5) is 12.3. The van der Waals surface area contributed by atoms with Crippen molar-refractivity contribution in [2.75, 3.05) is 6.61 Å². The fourth-order valence-corrected chi connectivity index (χ4v) is 3.22. The highest BCUT2D eigenvalue weighted by Crippen LogP contribution is 2.34. The second-order valence-corrected chi connectivity index (χ2v) is 6.92. The lowest BCUT2D eigenvalue weighted by atomic mass is 9.97.